The minimum absolute atomic E-state index is 0.228. The van der Waals surface area contributed by atoms with Crippen LogP contribution in [0, 0.1) is 11.8 Å². The van der Waals surface area contributed by atoms with Crippen molar-refractivity contribution >= 4 is 22.8 Å². The predicted octanol–water partition coefficient (Wildman–Crippen LogP) is 3.19. The van der Waals surface area contributed by atoms with E-state index in [1.807, 2.05) is 36.4 Å². The minimum Gasteiger partial charge on any atom is -0.481 e. The first-order valence-electron chi connectivity index (χ1n) is 11.0. The van der Waals surface area contributed by atoms with Crippen molar-refractivity contribution in [2.45, 2.75) is 38.1 Å². The molecule has 2 N–H and O–H groups in total. The van der Waals surface area contributed by atoms with Crippen LogP contribution in [0.2, 0.25) is 0 Å². The van der Waals surface area contributed by atoms with Gasteiger partial charge in [0.25, 0.3) is 5.56 Å². The van der Waals surface area contributed by atoms with E-state index in [-0.39, 0.29) is 23.3 Å². The number of carbonyl (C=O) groups excluding carboxylic acids is 1. The van der Waals surface area contributed by atoms with E-state index >= 15 is 0 Å². The van der Waals surface area contributed by atoms with Gasteiger partial charge in [-0.05, 0) is 49.3 Å². The van der Waals surface area contributed by atoms with Gasteiger partial charge in [0, 0.05) is 13.0 Å². The summed E-state index contributed by atoms with van der Waals surface area (Å²) in [7, 11) is 0. The van der Waals surface area contributed by atoms with E-state index in [0.29, 0.717) is 36.7 Å². The number of carboxylic acids is 1. The van der Waals surface area contributed by atoms with E-state index < -0.39 is 12.0 Å². The molecule has 1 fully saturated rings. The van der Waals surface area contributed by atoms with Crippen molar-refractivity contribution in [3.8, 4) is 0 Å². The quantitative estimate of drug-likeness (QED) is 0.596. The van der Waals surface area contributed by atoms with E-state index in [2.05, 4.69) is 10.3 Å². The molecule has 32 heavy (non-hydrogen) atoms. The maximum Gasteiger partial charge on any atom is 0.306 e. The summed E-state index contributed by atoms with van der Waals surface area (Å²) >= 11 is 0. The monoisotopic (exact) mass is 433 g/mol. The van der Waals surface area contributed by atoms with Crippen LogP contribution in [0.15, 0.2) is 65.7 Å². The molecule has 0 saturated heterocycles. The average Bonchev–Trinajstić information content (AvgIpc) is 2.83. The van der Waals surface area contributed by atoms with Gasteiger partial charge in [-0.1, -0.05) is 42.5 Å². The molecule has 1 aliphatic rings. The predicted molar refractivity (Wildman–Crippen MR) is 121 cm³/mol. The number of aliphatic carboxylic acids is 1. The van der Waals surface area contributed by atoms with Crippen LogP contribution in [0.1, 0.15) is 37.3 Å². The van der Waals surface area contributed by atoms with Crippen LogP contribution in [-0.4, -0.2) is 33.1 Å². The molecule has 0 aliphatic heterocycles. The molecule has 1 amide bonds. The molecule has 3 aromatic rings. The molecule has 1 heterocycles. The molecule has 0 radical (unpaired) electrons. The molecule has 1 aromatic heterocycles. The second-order valence-electron chi connectivity index (χ2n) is 8.48. The number of nitrogens with one attached hydrogen (secondary N) is 1. The van der Waals surface area contributed by atoms with Gasteiger partial charge < -0.3 is 10.4 Å². The minimum atomic E-state index is -0.737. The Morgan fingerprint density at radius 1 is 1.03 bits per heavy atom. The topological polar surface area (TPSA) is 101 Å². The van der Waals surface area contributed by atoms with Crippen molar-refractivity contribution in [3.05, 3.63) is 76.8 Å². The highest BCUT2D eigenvalue weighted by molar-refractivity contribution is 5.82. The molecule has 7 nitrogen and oxygen atoms in total. The number of hydrogen-bond acceptors (Lipinski definition) is 4. The zero-order valence-electron chi connectivity index (χ0n) is 17.8. The Labute approximate surface area is 186 Å². The van der Waals surface area contributed by atoms with Crippen molar-refractivity contribution in [2.75, 3.05) is 6.54 Å². The Bertz CT molecular complexity index is 1150. The van der Waals surface area contributed by atoms with Crippen molar-refractivity contribution in [2.24, 2.45) is 11.8 Å². The normalized spacial score (nSPS) is 19.4. The third-order valence-electron chi connectivity index (χ3n) is 6.36. The number of hydrogen-bond donors (Lipinski definition) is 2. The third kappa shape index (κ3) is 4.88. The van der Waals surface area contributed by atoms with Gasteiger partial charge in [-0.15, -0.1) is 0 Å². The lowest BCUT2D eigenvalue weighted by atomic mass is 9.82. The van der Waals surface area contributed by atoms with Gasteiger partial charge in [0.1, 0.15) is 6.04 Å². The van der Waals surface area contributed by atoms with Gasteiger partial charge in [0.15, 0.2) is 0 Å². The molecule has 7 heteroatoms. The van der Waals surface area contributed by atoms with Crippen molar-refractivity contribution < 1.29 is 14.7 Å². The lowest BCUT2D eigenvalue weighted by Crippen LogP contribution is -2.41. The molecule has 1 atom stereocenters. The van der Waals surface area contributed by atoms with E-state index in [9.17, 15) is 19.5 Å². The lowest BCUT2D eigenvalue weighted by Gasteiger charge is -2.27. The van der Waals surface area contributed by atoms with Crippen LogP contribution < -0.4 is 10.9 Å². The van der Waals surface area contributed by atoms with Gasteiger partial charge >= 0.3 is 5.97 Å². The summed E-state index contributed by atoms with van der Waals surface area (Å²) in [5, 5.41) is 12.7. The first kappa shape index (κ1) is 21.7. The summed E-state index contributed by atoms with van der Waals surface area (Å²) in [5.41, 5.74) is 1.31. The average molecular weight is 434 g/mol. The summed E-state index contributed by atoms with van der Waals surface area (Å²) in [4.78, 5) is 42.0. The van der Waals surface area contributed by atoms with Gasteiger partial charge in [0.2, 0.25) is 5.91 Å². The Morgan fingerprint density at radius 2 is 1.72 bits per heavy atom. The van der Waals surface area contributed by atoms with E-state index in [1.54, 1.807) is 18.2 Å². The fraction of sp³-hybridized carbons (Fsp3) is 0.360. The number of nitrogens with zero attached hydrogens (tertiary/aromatic N) is 2. The maximum atomic E-state index is 13.3. The molecule has 166 valence electrons. The second kappa shape index (κ2) is 9.77. The van der Waals surface area contributed by atoms with Gasteiger partial charge in [-0.3, -0.25) is 19.0 Å². The maximum absolute atomic E-state index is 13.3. The number of aromatic nitrogens is 2. The standard InChI is InChI=1S/C25H27N3O4/c29-23(26-15-18-10-12-19(13-11-18)25(31)32)22(14-17-6-2-1-3-7-17)28-16-27-21-9-5-4-8-20(21)24(28)30/h1-9,16,18-19,22H,10-15H2,(H,26,29)(H,31,32). The fourth-order valence-corrected chi connectivity index (χ4v) is 4.44. The van der Waals surface area contributed by atoms with Crippen LogP contribution in [-0.2, 0) is 16.0 Å². The number of rotatable bonds is 7. The van der Waals surface area contributed by atoms with Crippen molar-refractivity contribution in [3.63, 3.8) is 0 Å². The zero-order valence-corrected chi connectivity index (χ0v) is 17.8. The highest BCUT2D eigenvalue weighted by Crippen LogP contribution is 2.28. The van der Waals surface area contributed by atoms with E-state index in [4.69, 9.17) is 0 Å². The molecule has 2 aromatic carbocycles. The number of fused-ring (bicyclic) bond motifs is 1. The first-order chi connectivity index (χ1) is 15.5. The number of amides is 1. The Kier molecular flexibility index (Phi) is 6.63. The summed E-state index contributed by atoms with van der Waals surface area (Å²) < 4.78 is 1.42. The summed E-state index contributed by atoms with van der Waals surface area (Å²) in [5.74, 6) is -1.000. The molecule has 1 saturated carbocycles. The molecular formula is C25H27N3O4. The number of carbonyl (C=O) groups is 2. The Balaban J connectivity index is 1.54. The van der Waals surface area contributed by atoms with E-state index in [1.165, 1.54) is 10.9 Å². The SMILES string of the molecule is O=C(O)C1CCC(CNC(=O)C(Cc2ccccc2)n2cnc3ccccc3c2=O)CC1. The summed E-state index contributed by atoms with van der Waals surface area (Å²) in [6, 6.07) is 16.0. The molecule has 0 spiro atoms. The van der Waals surface area contributed by atoms with Crippen LogP contribution >= 0.6 is 0 Å². The highest BCUT2D eigenvalue weighted by atomic mass is 16.4. The smallest absolute Gasteiger partial charge is 0.306 e. The summed E-state index contributed by atoms with van der Waals surface area (Å²) in [6.45, 7) is 0.478. The van der Waals surface area contributed by atoms with Gasteiger partial charge in [0.05, 0.1) is 23.1 Å². The zero-order chi connectivity index (χ0) is 22.5. The molecule has 1 unspecified atom stereocenters. The largest absolute Gasteiger partial charge is 0.481 e. The second-order valence-corrected chi connectivity index (χ2v) is 8.48. The molecule has 4 rings (SSSR count). The highest BCUT2D eigenvalue weighted by Gasteiger charge is 2.28. The van der Waals surface area contributed by atoms with Gasteiger partial charge in [-0.25, -0.2) is 4.98 Å². The van der Waals surface area contributed by atoms with E-state index in [0.717, 1.165) is 18.4 Å². The first-order valence-corrected chi connectivity index (χ1v) is 11.0. The van der Waals surface area contributed by atoms with Gasteiger partial charge in [-0.2, -0.15) is 0 Å². The van der Waals surface area contributed by atoms with Crippen molar-refractivity contribution in [1.29, 1.82) is 0 Å². The Hall–Kier alpha value is -3.48. The van der Waals surface area contributed by atoms with Crippen molar-refractivity contribution in [1.82, 2.24) is 14.9 Å². The van der Waals surface area contributed by atoms with Crippen LogP contribution in [0.3, 0.4) is 0 Å². The number of carboxylic acid groups (broad SMARTS) is 1. The van der Waals surface area contributed by atoms with Crippen LogP contribution in [0.4, 0.5) is 0 Å². The fourth-order valence-electron chi connectivity index (χ4n) is 4.44. The van der Waals surface area contributed by atoms with Crippen LogP contribution in [0.25, 0.3) is 10.9 Å². The molecule has 1 aliphatic carbocycles. The lowest BCUT2D eigenvalue weighted by molar-refractivity contribution is -0.143. The number of para-hydroxylation sites is 1. The van der Waals surface area contributed by atoms with Crippen LogP contribution in [0.5, 0.6) is 0 Å². The Morgan fingerprint density at radius 3 is 2.44 bits per heavy atom. The molecular weight excluding hydrogens is 406 g/mol. The third-order valence-corrected chi connectivity index (χ3v) is 6.36. The number of benzene rings is 2. The molecule has 0 bridgehead atoms. The summed E-state index contributed by atoms with van der Waals surface area (Å²) in [6.07, 6.45) is 4.65.